The van der Waals surface area contributed by atoms with Crippen molar-refractivity contribution in [3.05, 3.63) is 47.5 Å². The molecule has 0 aliphatic heterocycles. The molecule has 2 rings (SSSR count). The van der Waals surface area contributed by atoms with Crippen LogP contribution in [-0.2, 0) is 0 Å². The number of aryl methyl sites for hydroxylation is 1. The van der Waals surface area contributed by atoms with E-state index < -0.39 is 0 Å². The summed E-state index contributed by atoms with van der Waals surface area (Å²) in [5.74, 6) is 1.47. The van der Waals surface area contributed by atoms with Crippen molar-refractivity contribution >= 4 is 19.4 Å². The van der Waals surface area contributed by atoms with Gasteiger partial charge in [-0.15, -0.1) is 0 Å². The average Bonchev–Trinajstić information content (AvgIpc) is 2.55. The van der Waals surface area contributed by atoms with Gasteiger partial charge in [-0.05, 0) is 6.92 Å². The Hall–Kier alpha value is -1.46. The molecule has 2 aromatic rings. The van der Waals surface area contributed by atoms with Crippen LogP contribution in [-0.4, -0.2) is 26.9 Å². The molecule has 0 radical (unpaired) electrons. The second kappa shape index (κ2) is 8.99. The first-order chi connectivity index (χ1) is 10.6. The molecule has 0 saturated carbocycles. The van der Waals surface area contributed by atoms with E-state index in [9.17, 15) is 4.79 Å². The minimum absolute atomic E-state index is 0. The van der Waals surface area contributed by atoms with Crippen molar-refractivity contribution in [3.8, 4) is 17.2 Å². The summed E-state index contributed by atoms with van der Waals surface area (Å²) < 4.78 is 15.8. The minimum Gasteiger partial charge on any atom is -0.496 e. The van der Waals surface area contributed by atoms with Crippen LogP contribution in [0.2, 0.25) is 0 Å². The third kappa shape index (κ3) is 4.75. The van der Waals surface area contributed by atoms with Gasteiger partial charge in [-0.2, -0.15) is 5.30 Å². The predicted octanol–water partition coefficient (Wildman–Crippen LogP) is 0.437. The summed E-state index contributed by atoms with van der Waals surface area (Å²) in [5.41, 5.74) is 1.50. The number of hydrogen-bond acceptors (Lipinski definition) is 4. The van der Waals surface area contributed by atoms with Gasteiger partial charge in [0, 0.05) is 17.7 Å². The number of carbonyl (C=O) groups excluding carboxylic acids is 1. The molecule has 2 aromatic carbocycles. The molecule has 0 fully saturated rings. The van der Waals surface area contributed by atoms with E-state index in [-0.39, 0.29) is 24.4 Å². The standard InChI is InChI=1S/C17H18O4P.Li/c1-11-5-7-13(8-6-11)22-17(18)16-14(20-3)9-12(19-2)10-15(16)21-4;/h5-10H,1-4H3;/q-1;+1. The Morgan fingerprint density at radius 1 is 0.913 bits per heavy atom. The fourth-order valence-corrected chi connectivity index (χ4v) is 2.87. The molecule has 0 atom stereocenters. The Balaban J connectivity index is 0.00000264. The molecule has 4 nitrogen and oxygen atoms in total. The Morgan fingerprint density at radius 2 is 1.43 bits per heavy atom. The maximum absolute atomic E-state index is 12.6. The second-order valence-electron chi connectivity index (χ2n) is 4.66. The Bertz CT molecular complexity index is 646. The zero-order valence-electron chi connectivity index (χ0n) is 14.0. The van der Waals surface area contributed by atoms with Gasteiger partial charge < -0.3 is 27.6 Å². The van der Waals surface area contributed by atoms with Crippen LogP contribution in [0.3, 0.4) is 0 Å². The number of benzene rings is 2. The van der Waals surface area contributed by atoms with E-state index in [2.05, 4.69) is 0 Å². The third-order valence-corrected chi connectivity index (χ3v) is 4.18. The van der Waals surface area contributed by atoms with Crippen molar-refractivity contribution in [3.63, 3.8) is 0 Å². The van der Waals surface area contributed by atoms with Crippen LogP contribution < -0.4 is 38.4 Å². The molecule has 0 aliphatic rings. The molecule has 0 heterocycles. The maximum Gasteiger partial charge on any atom is 1.00 e. The van der Waals surface area contributed by atoms with Crippen molar-refractivity contribution < 1.29 is 37.9 Å². The summed E-state index contributed by atoms with van der Waals surface area (Å²) >= 11 is 0. The summed E-state index contributed by atoms with van der Waals surface area (Å²) in [6.07, 6.45) is 0. The summed E-state index contributed by atoms with van der Waals surface area (Å²) in [6, 6.07) is 11.2. The van der Waals surface area contributed by atoms with Crippen LogP contribution in [0.5, 0.6) is 17.2 Å². The van der Waals surface area contributed by atoms with E-state index in [4.69, 9.17) is 14.2 Å². The zero-order valence-corrected chi connectivity index (χ0v) is 14.9. The number of rotatable bonds is 6. The van der Waals surface area contributed by atoms with Crippen LogP contribution in [0.4, 0.5) is 0 Å². The summed E-state index contributed by atoms with van der Waals surface area (Å²) in [5, 5.41) is 0.926. The Morgan fingerprint density at radius 3 is 1.87 bits per heavy atom. The molecular weight excluding hydrogens is 306 g/mol. The van der Waals surface area contributed by atoms with E-state index in [0.29, 0.717) is 31.4 Å². The van der Waals surface area contributed by atoms with Crippen LogP contribution in [0, 0.1) is 6.92 Å². The van der Waals surface area contributed by atoms with E-state index in [1.54, 1.807) is 19.2 Å². The van der Waals surface area contributed by atoms with Crippen LogP contribution in [0.25, 0.3) is 0 Å². The largest absolute Gasteiger partial charge is 1.00 e. The summed E-state index contributed by atoms with van der Waals surface area (Å²) in [6.45, 7) is 2.01. The molecule has 0 aliphatic carbocycles. The molecule has 6 heteroatoms. The molecule has 0 amide bonds. The molecule has 116 valence electrons. The topological polar surface area (TPSA) is 44.8 Å². The van der Waals surface area contributed by atoms with Gasteiger partial charge in [0.15, 0.2) is 0 Å². The number of methoxy groups -OCH3 is 3. The normalized spacial score (nSPS) is 10.3. The van der Waals surface area contributed by atoms with E-state index in [1.165, 1.54) is 14.2 Å². The first-order valence-corrected chi connectivity index (χ1v) is 7.61. The quantitative estimate of drug-likeness (QED) is 0.571. The van der Waals surface area contributed by atoms with Gasteiger partial charge in [-0.25, -0.2) is 0 Å². The first kappa shape index (κ1) is 19.6. The fraction of sp³-hybridized carbons (Fsp3) is 0.235. The molecule has 0 saturated heterocycles. The first-order valence-electron chi connectivity index (χ1n) is 6.71. The minimum atomic E-state index is -0.0831. The molecule has 0 N–H and O–H groups in total. The van der Waals surface area contributed by atoms with Gasteiger partial charge in [0.2, 0.25) is 0 Å². The average molecular weight is 324 g/mol. The third-order valence-electron chi connectivity index (χ3n) is 3.19. The number of carbonyl (C=O) groups is 1. The maximum atomic E-state index is 12.6. The molecular formula is C17H18LiO4P. The Labute approximate surface area is 150 Å². The summed E-state index contributed by atoms with van der Waals surface area (Å²) in [4.78, 5) is 12.6. The van der Waals surface area contributed by atoms with E-state index in [1.807, 2.05) is 31.2 Å². The predicted molar refractivity (Wildman–Crippen MR) is 88.2 cm³/mol. The number of hydrogen-bond donors (Lipinski definition) is 0. The van der Waals surface area contributed by atoms with Crippen LogP contribution in [0.1, 0.15) is 15.9 Å². The molecule has 23 heavy (non-hydrogen) atoms. The van der Waals surface area contributed by atoms with Gasteiger partial charge >= 0.3 is 18.9 Å². The zero-order chi connectivity index (χ0) is 16.1. The SMILES string of the molecule is COc1cc(OC)c(C(=O)[P-]c2ccc(C)cc2)c(OC)c1.[Li+]. The molecule has 0 unspecified atom stereocenters. The second-order valence-corrected chi connectivity index (χ2v) is 5.81. The monoisotopic (exact) mass is 324 g/mol. The number of ether oxygens (including phenoxy) is 3. The Kier molecular flexibility index (Phi) is 7.65. The van der Waals surface area contributed by atoms with Gasteiger partial charge in [0.05, 0.1) is 26.9 Å². The van der Waals surface area contributed by atoms with Crippen LogP contribution >= 0.6 is 8.58 Å². The van der Waals surface area contributed by atoms with Gasteiger partial charge in [0.25, 0.3) is 0 Å². The molecule has 0 spiro atoms. The smallest absolute Gasteiger partial charge is 0.496 e. The van der Waals surface area contributed by atoms with Gasteiger partial charge in [-0.1, -0.05) is 29.8 Å². The fourth-order valence-electron chi connectivity index (χ4n) is 2.01. The van der Waals surface area contributed by atoms with E-state index >= 15 is 0 Å². The van der Waals surface area contributed by atoms with Gasteiger partial charge in [-0.3, -0.25) is 0 Å². The van der Waals surface area contributed by atoms with Crippen molar-refractivity contribution in [1.82, 2.24) is 0 Å². The van der Waals surface area contributed by atoms with E-state index in [0.717, 1.165) is 10.9 Å². The summed E-state index contributed by atoms with van der Waals surface area (Å²) in [7, 11) is 5.17. The molecule has 0 bridgehead atoms. The van der Waals surface area contributed by atoms with Crippen molar-refractivity contribution in [2.75, 3.05) is 21.3 Å². The van der Waals surface area contributed by atoms with Crippen molar-refractivity contribution in [1.29, 1.82) is 0 Å². The van der Waals surface area contributed by atoms with Gasteiger partial charge in [0.1, 0.15) is 17.2 Å². The van der Waals surface area contributed by atoms with Crippen molar-refractivity contribution in [2.24, 2.45) is 0 Å². The van der Waals surface area contributed by atoms with Crippen molar-refractivity contribution in [2.45, 2.75) is 6.92 Å². The molecule has 0 aromatic heterocycles. The van der Waals surface area contributed by atoms with Crippen LogP contribution in [0.15, 0.2) is 36.4 Å².